The molecule has 0 saturated heterocycles. The lowest BCUT2D eigenvalue weighted by atomic mass is 10.3. The molecule has 0 radical (unpaired) electrons. The average molecular weight is 205 g/mol. The molecule has 7 heteroatoms. The van der Waals surface area contributed by atoms with Crippen LogP contribution in [0.1, 0.15) is 0 Å². The van der Waals surface area contributed by atoms with Gasteiger partial charge in [-0.3, -0.25) is 0 Å². The minimum atomic E-state index is -3.58. The molecule has 0 aromatic heterocycles. The molecule has 0 spiro atoms. The number of benzene rings is 1. The van der Waals surface area contributed by atoms with Crippen molar-refractivity contribution in [1.82, 2.24) is 0 Å². The molecule has 0 aliphatic carbocycles. The summed E-state index contributed by atoms with van der Waals surface area (Å²) in [6.45, 7) is 0. The molecule has 1 rings (SSSR count). The van der Waals surface area contributed by atoms with Gasteiger partial charge in [0.05, 0.1) is 4.90 Å². The number of rotatable bonds is 1. The lowest BCUT2D eigenvalue weighted by Gasteiger charge is -1.96. The van der Waals surface area contributed by atoms with Crippen LogP contribution in [-0.2, 0) is 10.0 Å². The Morgan fingerprint density at radius 2 is 1.46 bits per heavy atom. The van der Waals surface area contributed by atoms with E-state index in [-0.39, 0.29) is 4.90 Å². The van der Waals surface area contributed by atoms with Gasteiger partial charge in [-0.1, -0.05) is 0 Å². The standard InChI is InChI=1S/C6H8N2O2S.H3NO/c7-5-1-3-6(4-2-5)11(8,9)10;1-2/h1-4H,7H2,(H2,8,9,10);2H,1H2. The Morgan fingerprint density at radius 1 is 1.08 bits per heavy atom. The Hall–Kier alpha value is -1.15. The molecule has 0 aliphatic rings. The molecule has 74 valence electrons. The zero-order chi connectivity index (χ0) is 10.5. The Balaban J connectivity index is 0.000000671. The molecule has 0 amide bonds. The number of nitrogens with two attached hydrogens (primary N) is 3. The topological polar surface area (TPSA) is 132 Å². The van der Waals surface area contributed by atoms with Gasteiger partial charge in [0.15, 0.2) is 0 Å². The molecule has 0 fully saturated rings. The van der Waals surface area contributed by atoms with Crippen LogP contribution in [0.3, 0.4) is 0 Å². The molecule has 6 nitrogen and oxygen atoms in total. The Bertz CT molecular complexity index is 346. The second-order valence-corrected chi connectivity index (χ2v) is 3.68. The first-order chi connectivity index (χ1) is 6.00. The summed E-state index contributed by atoms with van der Waals surface area (Å²) in [5.74, 6) is 3.50. The van der Waals surface area contributed by atoms with Crippen molar-refractivity contribution in [2.75, 3.05) is 5.73 Å². The van der Waals surface area contributed by atoms with E-state index in [1.54, 1.807) is 0 Å². The van der Waals surface area contributed by atoms with Gasteiger partial charge in [0.2, 0.25) is 10.0 Å². The number of sulfonamides is 1. The smallest absolute Gasteiger partial charge is 0.238 e. The summed E-state index contributed by atoms with van der Waals surface area (Å²) in [7, 11) is -3.58. The predicted molar refractivity (Wildman–Crippen MR) is 48.2 cm³/mol. The van der Waals surface area contributed by atoms with Gasteiger partial charge in [-0.05, 0) is 24.3 Å². The summed E-state index contributed by atoms with van der Waals surface area (Å²) in [6.07, 6.45) is 0. The van der Waals surface area contributed by atoms with Crippen LogP contribution in [-0.4, -0.2) is 13.6 Å². The van der Waals surface area contributed by atoms with E-state index in [1.807, 2.05) is 0 Å². The minimum absolute atomic E-state index is 0.0756. The van der Waals surface area contributed by atoms with Crippen molar-refractivity contribution < 1.29 is 13.6 Å². The Kier molecular flexibility index (Phi) is 4.35. The first-order valence-electron chi connectivity index (χ1n) is 3.14. The molecule has 0 atom stereocenters. The predicted octanol–water partition coefficient (Wildman–Crippen LogP) is -0.750. The van der Waals surface area contributed by atoms with E-state index in [0.29, 0.717) is 5.69 Å². The van der Waals surface area contributed by atoms with E-state index in [9.17, 15) is 8.42 Å². The first kappa shape index (κ1) is 11.8. The maximum atomic E-state index is 10.7. The van der Waals surface area contributed by atoms with Crippen molar-refractivity contribution in [2.45, 2.75) is 4.90 Å². The minimum Gasteiger partial charge on any atom is -0.399 e. The normalized spacial score (nSPS) is 10.1. The number of hydrogen-bond acceptors (Lipinski definition) is 5. The van der Waals surface area contributed by atoms with Crippen molar-refractivity contribution in [1.29, 1.82) is 0 Å². The zero-order valence-electron chi connectivity index (χ0n) is 6.71. The molecular formula is C6H11N3O3S. The molecular weight excluding hydrogens is 194 g/mol. The van der Waals surface area contributed by atoms with Crippen molar-refractivity contribution in [3.63, 3.8) is 0 Å². The van der Waals surface area contributed by atoms with E-state index in [0.717, 1.165) is 0 Å². The molecule has 0 aliphatic heterocycles. The first-order valence-corrected chi connectivity index (χ1v) is 4.69. The Labute approximate surface area is 76.0 Å². The number of hydrogen-bond donors (Lipinski definition) is 4. The second-order valence-electron chi connectivity index (χ2n) is 2.11. The highest BCUT2D eigenvalue weighted by Gasteiger charge is 2.04. The van der Waals surface area contributed by atoms with Crippen molar-refractivity contribution in [2.24, 2.45) is 11.0 Å². The highest BCUT2D eigenvalue weighted by Crippen LogP contribution is 2.08. The summed E-state index contributed by atoms with van der Waals surface area (Å²) in [5.41, 5.74) is 5.85. The SMILES string of the molecule is NO.Nc1ccc(S(N)(=O)=O)cc1. The fourth-order valence-electron chi connectivity index (χ4n) is 0.658. The fraction of sp³-hybridized carbons (Fsp3) is 0. The van der Waals surface area contributed by atoms with Gasteiger partial charge in [0, 0.05) is 5.69 Å². The Morgan fingerprint density at radius 3 is 1.77 bits per heavy atom. The number of primary sulfonamides is 1. The molecule has 0 saturated carbocycles. The van der Waals surface area contributed by atoms with Crippen LogP contribution >= 0.6 is 0 Å². The van der Waals surface area contributed by atoms with E-state index < -0.39 is 10.0 Å². The monoisotopic (exact) mass is 205 g/mol. The van der Waals surface area contributed by atoms with Gasteiger partial charge < -0.3 is 10.9 Å². The molecule has 1 aromatic rings. The van der Waals surface area contributed by atoms with Gasteiger partial charge in [-0.15, -0.1) is 0 Å². The van der Waals surface area contributed by atoms with Crippen LogP contribution in [0.25, 0.3) is 0 Å². The molecule has 0 heterocycles. The summed E-state index contributed by atoms with van der Waals surface area (Å²) in [4.78, 5) is 0.0756. The summed E-state index contributed by atoms with van der Waals surface area (Å²) < 4.78 is 21.4. The van der Waals surface area contributed by atoms with Gasteiger partial charge in [0.1, 0.15) is 0 Å². The third kappa shape index (κ3) is 3.85. The lowest BCUT2D eigenvalue weighted by molar-refractivity contribution is 0.311. The van der Waals surface area contributed by atoms with E-state index in [2.05, 4.69) is 5.90 Å². The highest BCUT2D eigenvalue weighted by molar-refractivity contribution is 7.89. The highest BCUT2D eigenvalue weighted by atomic mass is 32.2. The largest absolute Gasteiger partial charge is 0.399 e. The molecule has 13 heavy (non-hydrogen) atoms. The fourth-order valence-corrected chi connectivity index (χ4v) is 1.17. The van der Waals surface area contributed by atoms with Gasteiger partial charge in [0.25, 0.3) is 0 Å². The summed E-state index contributed by atoms with van der Waals surface area (Å²) >= 11 is 0. The van der Waals surface area contributed by atoms with Crippen molar-refractivity contribution in [3.05, 3.63) is 24.3 Å². The molecule has 0 unspecified atom stereocenters. The lowest BCUT2D eigenvalue weighted by Crippen LogP contribution is -2.11. The van der Waals surface area contributed by atoms with Gasteiger partial charge >= 0.3 is 0 Å². The zero-order valence-corrected chi connectivity index (χ0v) is 7.53. The van der Waals surface area contributed by atoms with E-state index in [4.69, 9.17) is 16.1 Å². The quantitative estimate of drug-likeness (QED) is 0.353. The third-order valence-electron chi connectivity index (χ3n) is 1.21. The van der Waals surface area contributed by atoms with Crippen molar-refractivity contribution in [3.8, 4) is 0 Å². The maximum absolute atomic E-state index is 10.7. The molecule has 7 N–H and O–H groups in total. The van der Waals surface area contributed by atoms with Crippen LogP contribution in [0, 0.1) is 0 Å². The van der Waals surface area contributed by atoms with Crippen LogP contribution < -0.4 is 16.8 Å². The van der Waals surface area contributed by atoms with Crippen LogP contribution in [0.15, 0.2) is 29.2 Å². The van der Waals surface area contributed by atoms with Crippen LogP contribution in [0.5, 0.6) is 0 Å². The second kappa shape index (κ2) is 4.77. The summed E-state index contributed by atoms with van der Waals surface area (Å²) in [6, 6.07) is 5.70. The average Bonchev–Trinajstić information content (AvgIpc) is 2.07. The van der Waals surface area contributed by atoms with Crippen molar-refractivity contribution >= 4 is 15.7 Å². The van der Waals surface area contributed by atoms with E-state index in [1.165, 1.54) is 24.3 Å². The summed E-state index contributed by atoms with van der Waals surface area (Å²) in [5, 5.41) is 11.3. The molecule has 0 bridgehead atoms. The van der Waals surface area contributed by atoms with Gasteiger partial charge in [-0.25, -0.2) is 19.5 Å². The third-order valence-corrected chi connectivity index (χ3v) is 2.14. The molecule has 1 aromatic carbocycles. The number of anilines is 1. The van der Waals surface area contributed by atoms with E-state index >= 15 is 0 Å². The maximum Gasteiger partial charge on any atom is 0.238 e. The van der Waals surface area contributed by atoms with Crippen LogP contribution in [0.4, 0.5) is 5.69 Å². The number of nitrogen functional groups attached to an aromatic ring is 1. The van der Waals surface area contributed by atoms with Crippen LogP contribution in [0.2, 0.25) is 0 Å². The van der Waals surface area contributed by atoms with Gasteiger partial charge in [-0.2, -0.15) is 0 Å².